The summed E-state index contributed by atoms with van der Waals surface area (Å²) in [6, 6.07) is 0.514. The Hall–Kier alpha value is -0.570. The number of carbonyl (C=O) groups excluding carboxylic acids is 1. The standard InChI is InChI=1S/C6H13N.C4H8O2/c1-5-3-2-4-6(5)7;1-3-6-4(2)5/h5-6H,2-4,7H2,1H3;3H2,1-2H3. The summed E-state index contributed by atoms with van der Waals surface area (Å²) in [4.78, 5) is 9.82. The summed E-state index contributed by atoms with van der Waals surface area (Å²) < 4.78 is 4.40. The Bertz CT molecular complexity index is 140. The Morgan fingerprint density at radius 3 is 2.23 bits per heavy atom. The van der Waals surface area contributed by atoms with Gasteiger partial charge in [0.15, 0.2) is 0 Å². The lowest BCUT2D eigenvalue weighted by Gasteiger charge is -2.05. The van der Waals surface area contributed by atoms with Crippen molar-refractivity contribution in [1.82, 2.24) is 0 Å². The normalized spacial score (nSPS) is 26.2. The first-order valence-electron chi connectivity index (χ1n) is 4.96. The van der Waals surface area contributed by atoms with Gasteiger partial charge in [-0.15, -0.1) is 0 Å². The van der Waals surface area contributed by atoms with Crippen LogP contribution in [0.1, 0.15) is 40.0 Å². The maximum absolute atomic E-state index is 9.82. The van der Waals surface area contributed by atoms with Crippen molar-refractivity contribution in [3.05, 3.63) is 0 Å². The maximum atomic E-state index is 9.82. The van der Waals surface area contributed by atoms with Gasteiger partial charge in [0.2, 0.25) is 0 Å². The lowest BCUT2D eigenvalue weighted by atomic mass is 10.1. The summed E-state index contributed by atoms with van der Waals surface area (Å²) in [6.45, 7) is 5.89. The molecule has 1 aliphatic rings. The first-order valence-corrected chi connectivity index (χ1v) is 4.96. The molecule has 0 spiro atoms. The molecule has 0 heterocycles. The molecule has 1 aliphatic carbocycles. The molecule has 0 radical (unpaired) electrons. The van der Waals surface area contributed by atoms with E-state index in [4.69, 9.17) is 5.73 Å². The maximum Gasteiger partial charge on any atom is 0.302 e. The van der Waals surface area contributed by atoms with E-state index in [0.29, 0.717) is 12.6 Å². The zero-order chi connectivity index (χ0) is 10.3. The SMILES string of the molecule is CC1CCCC1N.CCOC(C)=O. The number of carbonyl (C=O) groups is 1. The molecule has 1 saturated carbocycles. The van der Waals surface area contributed by atoms with Crippen LogP contribution in [-0.2, 0) is 9.53 Å². The summed E-state index contributed by atoms with van der Waals surface area (Å²) >= 11 is 0. The quantitative estimate of drug-likeness (QED) is 0.636. The highest BCUT2D eigenvalue weighted by atomic mass is 16.5. The molecule has 0 bridgehead atoms. The molecular weight excluding hydrogens is 166 g/mol. The molecule has 0 aliphatic heterocycles. The van der Waals surface area contributed by atoms with Crippen LogP contribution in [0.2, 0.25) is 0 Å². The average molecular weight is 187 g/mol. The van der Waals surface area contributed by atoms with Gasteiger partial charge in [-0.05, 0) is 25.7 Å². The lowest BCUT2D eigenvalue weighted by molar-refractivity contribution is -0.140. The Morgan fingerprint density at radius 1 is 1.54 bits per heavy atom. The predicted octanol–water partition coefficient (Wildman–Crippen LogP) is 1.70. The number of hydrogen-bond acceptors (Lipinski definition) is 3. The van der Waals surface area contributed by atoms with Crippen molar-refractivity contribution in [1.29, 1.82) is 0 Å². The number of esters is 1. The minimum absolute atomic E-state index is 0.211. The number of rotatable bonds is 1. The first kappa shape index (κ1) is 12.4. The van der Waals surface area contributed by atoms with E-state index in [-0.39, 0.29) is 5.97 Å². The van der Waals surface area contributed by atoms with Gasteiger partial charge in [0.05, 0.1) is 6.61 Å². The molecule has 0 aromatic carbocycles. The Labute approximate surface area is 80.6 Å². The fourth-order valence-corrected chi connectivity index (χ4v) is 1.38. The van der Waals surface area contributed by atoms with Gasteiger partial charge >= 0.3 is 5.97 Å². The summed E-state index contributed by atoms with van der Waals surface area (Å²) in [5.41, 5.74) is 5.68. The molecule has 1 fully saturated rings. The van der Waals surface area contributed by atoms with Crippen molar-refractivity contribution in [3.8, 4) is 0 Å². The average Bonchev–Trinajstić information content (AvgIpc) is 2.37. The predicted molar refractivity (Wildman–Crippen MR) is 53.3 cm³/mol. The van der Waals surface area contributed by atoms with Crippen molar-refractivity contribution in [2.45, 2.75) is 46.1 Å². The van der Waals surface area contributed by atoms with Crippen molar-refractivity contribution in [2.75, 3.05) is 6.61 Å². The van der Waals surface area contributed by atoms with Crippen LogP contribution in [0.15, 0.2) is 0 Å². The molecule has 0 amide bonds. The largest absolute Gasteiger partial charge is 0.466 e. The molecule has 1 rings (SSSR count). The molecule has 2 atom stereocenters. The zero-order valence-corrected chi connectivity index (χ0v) is 8.88. The minimum Gasteiger partial charge on any atom is -0.466 e. The van der Waals surface area contributed by atoms with Crippen molar-refractivity contribution < 1.29 is 9.53 Å². The summed E-state index contributed by atoms with van der Waals surface area (Å²) in [5.74, 6) is 0.581. The van der Waals surface area contributed by atoms with E-state index in [9.17, 15) is 4.79 Å². The van der Waals surface area contributed by atoms with Crippen LogP contribution < -0.4 is 5.73 Å². The third-order valence-electron chi connectivity index (χ3n) is 2.28. The van der Waals surface area contributed by atoms with E-state index < -0.39 is 0 Å². The molecule has 2 unspecified atom stereocenters. The van der Waals surface area contributed by atoms with E-state index in [2.05, 4.69) is 11.7 Å². The van der Waals surface area contributed by atoms with Gasteiger partial charge in [0, 0.05) is 13.0 Å². The van der Waals surface area contributed by atoms with Crippen LogP contribution in [0, 0.1) is 5.92 Å². The monoisotopic (exact) mass is 187 g/mol. The number of ether oxygens (including phenoxy) is 1. The van der Waals surface area contributed by atoms with Gasteiger partial charge in [-0.2, -0.15) is 0 Å². The summed E-state index contributed by atoms with van der Waals surface area (Å²) in [7, 11) is 0. The lowest BCUT2D eigenvalue weighted by Crippen LogP contribution is -2.21. The first-order chi connectivity index (χ1) is 6.07. The van der Waals surface area contributed by atoms with E-state index in [1.807, 2.05) is 0 Å². The van der Waals surface area contributed by atoms with Gasteiger partial charge in [0.1, 0.15) is 0 Å². The topological polar surface area (TPSA) is 52.3 Å². The Morgan fingerprint density at radius 2 is 2.15 bits per heavy atom. The second kappa shape index (κ2) is 6.89. The van der Waals surface area contributed by atoms with E-state index >= 15 is 0 Å². The van der Waals surface area contributed by atoms with Gasteiger partial charge in [-0.25, -0.2) is 0 Å². The molecule has 0 aromatic rings. The molecular formula is C10H21NO2. The van der Waals surface area contributed by atoms with Crippen LogP contribution in [0.5, 0.6) is 0 Å². The van der Waals surface area contributed by atoms with Gasteiger partial charge in [0.25, 0.3) is 0 Å². The van der Waals surface area contributed by atoms with E-state index in [0.717, 1.165) is 5.92 Å². The summed E-state index contributed by atoms with van der Waals surface area (Å²) in [6.07, 6.45) is 3.95. The fraction of sp³-hybridized carbons (Fsp3) is 0.900. The second-order valence-corrected chi connectivity index (χ2v) is 3.50. The van der Waals surface area contributed by atoms with Gasteiger partial charge < -0.3 is 10.5 Å². The van der Waals surface area contributed by atoms with E-state index in [1.54, 1.807) is 6.92 Å². The molecule has 13 heavy (non-hydrogen) atoms. The molecule has 2 N–H and O–H groups in total. The third kappa shape index (κ3) is 6.58. The van der Waals surface area contributed by atoms with Crippen LogP contribution in [-0.4, -0.2) is 18.6 Å². The van der Waals surface area contributed by atoms with Gasteiger partial charge in [-0.3, -0.25) is 4.79 Å². The fourth-order valence-electron chi connectivity index (χ4n) is 1.38. The second-order valence-electron chi connectivity index (χ2n) is 3.50. The highest BCUT2D eigenvalue weighted by Gasteiger charge is 2.18. The highest BCUT2D eigenvalue weighted by Crippen LogP contribution is 2.22. The molecule has 0 aromatic heterocycles. The molecule has 78 valence electrons. The van der Waals surface area contributed by atoms with Crippen LogP contribution in [0.4, 0.5) is 0 Å². The van der Waals surface area contributed by atoms with Crippen LogP contribution >= 0.6 is 0 Å². The minimum atomic E-state index is -0.211. The van der Waals surface area contributed by atoms with Crippen LogP contribution in [0.25, 0.3) is 0 Å². The highest BCUT2D eigenvalue weighted by molar-refractivity contribution is 5.65. The summed E-state index contributed by atoms with van der Waals surface area (Å²) in [5, 5.41) is 0. The van der Waals surface area contributed by atoms with E-state index in [1.165, 1.54) is 26.2 Å². The smallest absolute Gasteiger partial charge is 0.302 e. The Balaban J connectivity index is 0.000000226. The number of nitrogens with two attached hydrogens (primary N) is 1. The van der Waals surface area contributed by atoms with Crippen molar-refractivity contribution in [3.63, 3.8) is 0 Å². The molecule has 0 saturated heterocycles. The van der Waals surface area contributed by atoms with Crippen molar-refractivity contribution in [2.24, 2.45) is 11.7 Å². The van der Waals surface area contributed by atoms with Gasteiger partial charge in [-0.1, -0.05) is 13.3 Å². The Kier molecular flexibility index (Phi) is 6.59. The molecule has 3 heteroatoms. The number of hydrogen-bond donors (Lipinski definition) is 1. The molecule has 3 nitrogen and oxygen atoms in total. The zero-order valence-electron chi connectivity index (χ0n) is 8.88. The third-order valence-corrected chi connectivity index (χ3v) is 2.28. The van der Waals surface area contributed by atoms with Crippen molar-refractivity contribution >= 4 is 5.97 Å². The van der Waals surface area contributed by atoms with Crippen LogP contribution in [0.3, 0.4) is 0 Å².